The van der Waals surface area contributed by atoms with Crippen LogP contribution in [0.25, 0.3) is 0 Å². The predicted molar refractivity (Wildman–Crippen MR) is 118 cm³/mol. The van der Waals surface area contributed by atoms with Crippen LogP contribution in [0.5, 0.6) is 0 Å². The summed E-state index contributed by atoms with van der Waals surface area (Å²) in [6, 6.07) is -0.779. The van der Waals surface area contributed by atoms with Crippen LogP contribution < -0.4 is 11.1 Å². The second kappa shape index (κ2) is 11.9. The number of aliphatic hydroxyl groups excluding tert-OH is 1. The molecule has 0 bridgehead atoms. The van der Waals surface area contributed by atoms with Crippen LogP contribution in [-0.4, -0.2) is 41.3 Å². The molecule has 0 saturated heterocycles. The molecule has 0 aromatic carbocycles. The van der Waals surface area contributed by atoms with E-state index in [-0.39, 0.29) is 36.4 Å². The molecule has 5 atom stereocenters. The molecule has 2 aliphatic rings. The summed E-state index contributed by atoms with van der Waals surface area (Å²) in [7, 11) is 0. The van der Waals surface area contributed by atoms with E-state index in [9.17, 15) is 19.5 Å². The van der Waals surface area contributed by atoms with Gasteiger partial charge in [0.15, 0.2) is 5.78 Å². The monoisotopic (exact) mass is 422 g/mol. The Hall–Kier alpha value is -1.27. The Bertz CT molecular complexity index is 584. The lowest BCUT2D eigenvalue weighted by molar-refractivity contribution is -0.137. The molecule has 1 unspecified atom stereocenters. The number of nitrogens with one attached hydrogen (secondary N) is 1. The maximum Gasteiger partial charge on any atom is 0.226 e. The summed E-state index contributed by atoms with van der Waals surface area (Å²) in [6.45, 7) is 5.07. The maximum atomic E-state index is 13.1. The van der Waals surface area contributed by atoms with E-state index in [0.717, 1.165) is 25.2 Å². The molecule has 0 radical (unpaired) electrons. The summed E-state index contributed by atoms with van der Waals surface area (Å²) in [5, 5.41) is 12.9. The fourth-order valence-corrected chi connectivity index (χ4v) is 5.35. The normalized spacial score (nSPS) is 26.1. The second-order valence-electron chi connectivity index (χ2n) is 9.89. The lowest BCUT2D eigenvalue weighted by atomic mass is 9.69. The lowest BCUT2D eigenvalue weighted by Gasteiger charge is -2.36. The molecular formula is C24H42N2O4. The van der Waals surface area contributed by atoms with E-state index in [1.54, 1.807) is 13.8 Å². The first kappa shape index (κ1) is 25.0. The van der Waals surface area contributed by atoms with Gasteiger partial charge in [0.25, 0.3) is 0 Å². The number of carbonyl (C=O) groups excluding carboxylic acids is 3. The van der Waals surface area contributed by atoms with Gasteiger partial charge in [-0.05, 0) is 31.6 Å². The minimum atomic E-state index is -0.959. The van der Waals surface area contributed by atoms with E-state index in [0.29, 0.717) is 5.92 Å². The van der Waals surface area contributed by atoms with Crippen molar-refractivity contribution in [1.82, 2.24) is 5.32 Å². The fourth-order valence-electron chi connectivity index (χ4n) is 5.35. The van der Waals surface area contributed by atoms with E-state index >= 15 is 0 Å². The zero-order valence-corrected chi connectivity index (χ0v) is 19.1. The SMILES string of the molecule is CC(C)C(=O)[C@H](CN)NC(=O)[C@@H](CC(=O)C1CCC[C@H](C2CCCCC2)C1)[C@H](C)O. The number of Topliss-reactive ketones (excluding diaryl/α,β-unsaturated/α-hetero) is 2. The van der Waals surface area contributed by atoms with Gasteiger partial charge in [-0.3, -0.25) is 14.4 Å². The molecule has 6 nitrogen and oxygen atoms in total. The molecule has 0 heterocycles. The Kier molecular flexibility index (Phi) is 9.95. The van der Waals surface area contributed by atoms with Gasteiger partial charge in [0.2, 0.25) is 5.91 Å². The van der Waals surface area contributed by atoms with Gasteiger partial charge in [-0.2, -0.15) is 0 Å². The van der Waals surface area contributed by atoms with Crippen molar-refractivity contribution >= 4 is 17.5 Å². The van der Waals surface area contributed by atoms with Crippen LogP contribution in [0.2, 0.25) is 0 Å². The minimum absolute atomic E-state index is 0.00885. The average molecular weight is 423 g/mol. The van der Waals surface area contributed by atoms with Crippen molar-refractivity contribution in [2.45, 2.75) is 97.1 Å². The highest BCUT2D eigenvalue weighted by atomic mass is 16.3. The third-order valence-corrected chi connectivity index (χ3v) is 7.29. The molecule has 2 aliphatic carbocycles. The lowest BCUT2D eigenvalue weighted by Crippen LogP contribution is -2.51. The molecule has 2 fully saturated rings. The third kappa shape index (κ3) is 6.88. The van der Waals surface area contributed by atoms with Gasteiger partial charge in [-0.15, -0.1) is 0 Å². The molecule has 172 valence electrons. The van der Waals surface area contributed by atoms with Crippen LogP contribution in [0.4, 0.5) is 0 Å². The van der Waals surface area contributed by atoms with Crippen molar-refractivity contribution in [2.75, 3.05) is 6.54 Å². The second-order valence-corrected chi connectivity index (χ2v) is 9.89. The Morgan fingerprint density at radius 2 is 1.60 bits per heavy atom. The van der Waals surface area contributed by atoms with Gasteiger partial charge in [0.1, 0.15) is 5.78 Å². The van der Waals surface area contributed by atoms with Gasteiger partial charge in [-0.25, -0.2) is 0 Å². The minimum Gasteiger partial charge on any atom is -0.393 e. The summed E-state index contributed by atoms with van der Waals surface area (Å²) >= 11 is 0. The number of ketones is 2. The number of nitrogens with two attached hydrogens (primary N) is 1. The summed E-state index contributed by atoms with van der Waals surface area (Å²) < 4.78 is 0. The summed E-state index contributed by atoms with van der Waals surface area (Å²) in [5.74, 6) is -0.245. The Labute approximate surface area is 181 Å². The smallest absolute Gasteiger partial charge is 0.226 e. The first-order valence-corrected chi connectivity index (χ1v) is 12.0. The first-order valence-electron chi connectivity index (χ1n) is 12.0. The van der Waals surface area contributed by atoms with Crippen LogP contribution in [-0.2, 0) is 14.4 Å². The Balaban J connectivity index is 1.96. The van der Waals surface area contributed by atoms with E-state index < -0.39 is 24.0 Å². The van der Waals surface area contributed by atoms with Gasteiger partial charge in [-0.1, -0.05) is 58.8 Å². The quantitative estimate of drug-likeness (QED) is 0.501. The van der Waals surface area contributed by atoms with Crippen molar-refractivity contribution in [1.29, 1.82) is 0 Å². The summed E-state index contributed by atoms with van der Waals surface area (Å²) in [6.07, 6.45) is 9.68. The average Bonchev–Trinajstić information content (AvgIpc) is 2.75. The van der Waals surface area contributed by atoms with Crippen LogP contribution in [0.15, 0.2) is 0 Å². The largest absolute Gasteiger partial charge is 0.393 e. The topological polar surface area (TPSA) is 109 Å². The molecule has 0 aromatic heterocycles. The maximum absolute atomic E-state index is 13.1. The van der Waals surface area contributed by atoms with Crippen LogP contribution in [0.3, 0.4) is 0 Å². The number of hydrogen-bond donors (Lipinski definition) is 3. The zero-order chi connectivity index (χ0) is 22.3. The van der Waals surface area contributed by atoms with Gasteiger partial charge >= 0.3 is 0 Å². The fraction of sp³-hybridized carbons (Fsp3) is 0.875. The van der Waals surface area contributed by atoms with Crippen molar-refractivity contribution in [3.8, 4) is 0 Å². The molecule has 30 heavy (non-hydrogen) atoms. The van der Waals surface area contributed by atoms with Crippen LogP contribution in [0.1, 0.15) is 85.0 Å². The molecule has 6 heteroatoms. The van der Waals surface area contributed by atoms with Gasteiger partial charge in [0.05, 0.1) is 18.1 Å². The summed E-state index contributed by atoms with van der Waals surface area (Å²) in [4.78, 5) is 38.1. The highest BCUT2D eigenvalue weighted by Gasteiger charge is 2.36. The molecule has 2 rings (SSSR count). The molecular weight excluding hydrogens is 380 g/mol. The number of carbonyl (C=O) groups is 3. The molecule has 4 N–H and O–H groups in total. The standard InChI is InChI=1S/C24H42N2O4/c1-15(2)23(29)21(14-25)26-24(30)20(16(3)27)13-22(28)19-11-7-10-18(12-19)17-8-5-4-6-9-17/h15-21,27H,4-14,25H2,1-3H3,(H,26,30)/t16-,18-,19?,20-,21-/m0/s1. The highest BCUT2D eigenvalue weighted by molar-refractivity contribution is 5.93. The number of hydrogen-bond acceptors (Lipinski definition) is 5. The van der Waals surface area contributed by atoms with Crippen LogP contribution in [0, 0.1) is 29.6 Å². The zero-order valence-electron chi connectivity index (χ0n) is 19.1. The highest BCUT2D eigenvalue weighted by Crippen LogP contribution is 2.41. The molecule has 1 amide bonds. The first-order chi connectivity index (χ1) is 14.2. The number of aliphatic hydroxyl groups is 1. The Morgan fingerprint density at radius 1 is 0.967 bits per heavy atom. The summed E-state index contributed by atoms with van der Waals surface area (Å²) in [5.41, 5.74) is 5.68. The number of amides is 1. The van der Waals surface area contributed by atoms with Crippen molar-refractivity contribution in [3.05, 3.63) is 0 Å². The van der Waals surface area contributed by atoms with Crippen molar-refractivity contribution in [2.24, 2.45) is 35.3 Å². The van der Waals surface area contributed by atoms with E-state index in [1.807, 2.05) is 0 Å². The number of rotatable bonds is 10. The van der Waals surface area contributed by atoms with Gasteiger partial charge in [0, 0.05) is 24.8 Å². The molecule has 2 saturated carbocycles. The molecule has 0 aliphatic heterocycles. The van der Waals surface area contributed by atoms with E-state index in [4.69, 9.17) is 5.73 Å². The predicted octanol–water partition coefficient (Wildman–Crippen LogP) is 3.00. The van der Waals surface area contributed by atoms with Gasteiger partial charge < -0.3 is 16.2 Å². The third-order valence-electron chi connectivity index (χ3n) is 7.29. The van der Waals surface area contributed by atoms with Crippen LogP contribution >= 0.6 is 0 Å². The van der Waals surface area contributed by atoms with E-state index in [1.165, 1.54) is 45.4 Å². The molecule has 0 aromatic rings. The van der Waals surface area contributed by atoms with E-state index in [2.05, 4.69) is 5.32 Å². The molecule has 0 spiro atoms. The van der Waals surface area contributed by atoms with Crippen molar-refractivity contribution in [3.63, 3.8) is 0 Å². The van der Waals surface area contributed by atoms with Crippen molar-refractivity contribution < 1.29 is 19.5 Å². The Morgan fingerprint density at radius 3 is 2.17 bits per heavy atom.